The van der Waals surface area contributed by atoms with Crippen LogP contribution in [0, 0.1) is 11.3 Å². The SMILES string of the molecule is C/C=C/C(=O)N1CCC(C(C)(C)CN)CC1. The molecule has 0 saturated carbocycles. The molecule has 0 aliphatic carbocycles. The van der Waals surface area contributed by atoms with Gasteiger partial charge in [0.25, 0.3) is 0 Å². The summed E-state index contributed by atoms with van der Waals surface area (Å²) in [5, 5.41) is 0. The first-order valence-electron chi connectivity index (χ1n) is 6.13. The molecule has 1 rings (SSSR count). The van der Waals surface area contributed by atoms with Gasteiger partial charge >= 0.3 is 0 Å². The number of rotatable bonds is 3. The van der Waals surface area contributed by atoms with Gasteiger partial charge in [-0.1, -0.05) is 19.9 Å². The summed E-state index contributed by atoms with van der Waals surface area (Å²) < 4.78 is 0. The zero-order chi connectivity index (χ0) is 12.2. The summed E-state index contributed by atoms with van der Waals surface area (Å²) in [6, 6.07) is 0. The third kappa shape index (κ3) is 3.08. The summed E-state index contributed by atoms with van der Waals surface area (Å²) in [5.74, 6) is 0.790. The number of nitrogens with two attached hydrogens (primary N) is 1. The average molecular weight is 224 g/mol. The van der Waals surface area contributed by atoms with Gasteiger partial charge in [-0.05, 0) is 43.7 Å². The topological polar surface area (TPSA) is 46.3 Å². The zero-order valence-corrected chi connectivity index (χ0v) is 10.7. The van der Waals surface area contributed by atoms with Crippen LogP contribution in [0.1, 0.15) is 33.6 Å². The monoisotopic (exact) mass is 224 g/mol. The molecule has 0 bridgehead atoms. The molecule has 0 aromatic heterocycles. The standard InChI is InChI=1S/C13H24N2O/c1-4-5-12(16)15-8-6-11(7-9-15)13(2,3)10-14/h4-5,11H,6-10,14H2,1-3H3/b5-4+. The molecule has 3 heteroatoms. The van der Waals surface area contributed by atoms with Gasteiger partial charge in [0, 0.05) is 13.1 Å². The molecule has 1 saturated heterocycles. The van der Waals surface area contributed by atoms with E-state index in [0.717, 1.165) is 32.5 Å². The number of allylic oxidation sites excluding steroid dienone is 1. The van der Waals surface area contributed by atoms with Crippen LogP contribution in [0.25, 0.3) is 0 Å². The van der Waals surface area contributed by atoms with Gasteiger partial charge in [-0.15, -0.1) is 0 Å². The Morgan fingerprint density at radius 1 is 1.44 bits per heavy atom. The summed E-state index contributed by atoms with van der Waals surface area (Å²) >= 11 is 0. The van der Waals surface area contributed by atoms with Crippen LogP contribution in [0.2, 0.25) is 0 Å². The first kappa shape index (κ1) is 13.2. The van der Waals surface area contributed by atoms with E-state index in [0.29, 0.717) is 5.92 Å². The van der Waals surface area contributed by atoms with E-state index >= 15 is 0 Å². The fourth-order valence-corrected chi connectivity index (χ4v) is 2.30. The Morgan fingerprint density at radius 2 is 2.00 bits per heavy atom. The fraction of sp³-hybridized carbons (Fsp3) is 0.769. The molecule has 0 radical (unpaired) electrons. The maximum atomic E-state index is 11.6. The molecule has 1 amide bonds. The molecule has 0 aromatic rings. The quantitative estimate of drug-likeness (QED) is 0.743. The minimum atomic E-state index is 0.145. The third-order valence-corrected chi connectivity index (χ3v) is 3.75. The minimum absolute atomic E-state index is 0.145. The molecule has 0 spiro atoms. The second-order valence-electron chi connectivity index (χ2n) is 5.29. The van der Waals surface area contributed by atoms with Crippen molar-refractivity contribution in [2.24, 2.45) is 17.1 Å². The van der Waals surface area contributed by atoms with Crippen molar-refractivity contribution in [1.29, 1.82) is 0 Å². The van der Waals surface area contributed by atoms with E-state index in [4.69, 9.17) is 5.73 Å². The highest BCUT2D eigenvalue weighted by molar-refractivity contribution is 5.87. The molecule has 1 aliphatic rings. The second-order valence-corrected chi connectivity index (χ2v) is 5.29. The van der Waals surface area contributed by atoms with Gasteiger partial charge < -0.3 is 10.6 Å². The smallest absolute Gasteiger partial charge is 0.246 e. The Bertz CT molecular complexity index is 263. The highest BCUT2D eigenvalue weighted by Gasteiger charge is 2.32. The largest absolute Gasteiger partial charge is 0.339 e. The molecule has 2 N–H and O–H groups in total. The number of likely N-dealkylation sites (tertiary alicyclic amines) is 1. The van der Waals surface area contributed by atoms with Crippen molar-refractivity contribution in [3.05, 3.63) is 12.2 Å². The number of piperidine rings is 1. The fourth-order valence-electron chi connectivity index (χ4n) is 2.30. The summed E-state index contributed by atoms with van der Waals surface area (Å²) in [7, 11) is 0. The normalized spacial score (nSPS) is 19.4. The van der Waals surface area contributed by atoms with Gasteiger partial charge in [0.15, 0.2) is 0 Å². The third-order valence-electron chi connectivity index (χ3n) is 3.75. The molecule has 3 nitrogen and oxygen atoms in total. The molecule has 0 aromatic carbocycles. The van der Waals surface area contributed by atoms with Gasteiger partial charge in [-0.2, -0.15) is 0 Å². The van der Waals surface area contributed by atoms with E-state index in [-0.39, 0.29) is 11.3 Å². The number of hydrogen-bond acceptors (Lipinski definition) is 2. The molecule has 0 atom stereocenters. The lowest BCUT2D eigenvalue weighted by Gasteiger charge is -2.39. The van der Waals surface area contributed by atoms with Crippen LogP contribution < -0.4 is 5.73 Å². The summed E-state index contributed by atoms with van der Waals surface area (Å²) in [6.07, 6.45) is 5.60. The summed E-state index contributed by atoms with van der Waals surface area (Å²) in [6.45, 7) is 8.79. The van der Waals surface area contributed by atoms with E-state index in [9.17, 15) is 4.79 Å². The van der Waals surface area contributed by atoms with Crippen molar-refractivity contribution in [3.8, 4) is 0 Å². The Labute approximate surface area is 98.7 Å². The summed E-state index contributed by atoms with van der Waals surface area (Å²) in [5.41, 5.74) is 5.99. The van der Waals surface area contributed by atoms with Crippen LogP contribution in [0.3, 0.4) is 0 Å². The van der Waals surface area contributed by atoms with Crippen molar-refractivity contribution in [2.45, 2.75) is 33.6 Å². The molecule has 1 aliphatic heterocycles. The van der Waals surface area contributed by atoms with Crippen LogP contribution in [0.15, 0.2) is 12.2 Å². The van der Waals surface area contributed by atoms with Crippen LogP contribution in [0.4, 0.5) is 0 Å². The van der Waals surface area contributed by atoms with Crippen molar-refractivity contribution in [3.63, 3.8) is 0 Å². The van der Waals surface area contributed by atoms with Gasteiger partial charge in [-0.3, -0.25) is 4.79 Å². The Morgan fingerprint density at radius 3 is 2.44 bits per heavy atom. The molecule has 0 unspecified atom stereocenters. The zero-order valence-electron chi connectivity index (χ0n) is 10.7. The van der Waals surface area contributed by atoms with E-state index in [1.807, 2.05) is 11.8 Å². The lowest BCUT2D eigenvalue weighted by molar-refractivity contribution is -0.127. The number of amides is 1. The Kier molecular flexibility index (Phi) is 4.54. The van der Waals surface area contributed by atoms with Crippen LogP contribution >= 0.6 is 0 Å². The maximum Gasteiger partial charge on any atom is 0.246 e. The second kappa shape index (κ2) is 5.48. The van der Waals surface area contributed by atoms with Crippen LogP contribution in [-0.2, 0) is 4.79 Å². The van der Waals surface area contributed by atoms with Gasteiger partial charge in [-0.25, -0.2) is 0 Å². The molecular formula is C13H24N2O. The lowest BCUT2D eigenvalue weighted by Crippen LogP contribution is -2.43. The lowest BCUT2D eigenvalue weighted by atomic mass is 9.74. The summed E-state index contributed by atoms with van der Waals surface area (Å²) in [4.78, 5) is 13.6. The number of carbonyl (C=O) groups is 1. The number of carbonyl (C=O) groups excluding carboxylic acids is 1. The molecule has 16 heavy (non-hydrogen) atoms. The van der Waals surface area contributed by atoms with Crippen molar-refractivity contribution >= 4 is 5.91 Å². The number of nitrogens with zero attached hydrogens (tertiary/aromatic N) is 1. The number of hydrogen-bond donors (Lipinski definition) is 1. The van der Waals surface area contributed by atoms with Gasteiger partial charge in [0.05, 0.1) is 0 Å². The van der Waals surface area contributed by atoms with Crippen molar-refractivity contribution in [2.75, 3.05) is 19.6 Å². The molecule has 92 valence electrons. The van der Waals surface area contributed by atoms with Crippen molar-refractivity contribution in [1.82, 2.24) is 4.90 Å². The van der Waals surface area contributed by atoms with E-state index in [1.54, 1.807) is 12.2 Å². The average Bonchev–Trinajstić information content (AvgIpc) is 2.29. The first-order chi connectivity index (χ1) is 7.51. The molecule has 1 heterocycles. The Hall–Kier alpha value is -0.830. The van der Waals surface area contributed by atoms with E-state index in [2.05, 4.69) is 13.8 Å². The van der Waals surface area contributed by atoms with Gasteiger partial charge in [0.2, 0.25) is 5.91 Å². The highest BCUT2D eigenvalue weighted by atomic mass is 16.2. The Balaban J connectivity index is 2.48. The molecule has 1 fully saturated rings. The highest BCUT2D eigenvalue weighted by Crippen LogP contribution is 2.33. The predicted molar refractivity (Wildman–Crippen MR) is 67.0 cm³/mol. The van der Waals surface area contributed by atoms with E-state index < -0.39 is 0 Å². The van der Waals surface area contributed by atoms with E-state index in [1.165, 1.54) is 0 Å². The van der Waals surface area contributed by atoms with Crippen LogP contribution in [-0.4, -0.2) is 30.4 Å². The molecular weight excluding hydrogens is 200 g/mol. The first-order valence-corrected chi connectivity index (χ1v) is 6.13. The predicted octanol–water partition coefficient (Wildman–Crippen LogP) is 1.79. The minimum Gasteiger partial charge on any atom is -0.339 e. The van der Waals surface area contributed by atoms with Gasteiger partial charge in [0.1, 0.15) is 0 Å². The maximum absolute atomic E-state index is 11.6. The van der Waals surface area contributed by atoms with Crippen LogP contribution in [0.5, 0.6) is 0 Å². The van der Waals surface area contributed by atoms with Crippen molar-refractivity contribution < 1.29 is 4.79 Å².